The molecule has 8 nitrogen and oxygen atoms in total. The summed E-state index contributed by atoms with van der Waals surface area (Å²) in [5.41, 5.74) is 3.20. The van der Waals surface area contributed by atoms with Crippen LogP contribution in [0.4, 0.5) is 10.5 Å². The summed E-state index contributed by atoms with van der Waals surface area (Å²) in [5.74, 6) is -0.981. The van der Waals surface area contributed by atoms with Crippen LogP contribution in [0.15, 0.2) is 42.6 Å². The molecule has 0 aliphatic carbocycles. The molecular weight excluding hydrogens is 420 g/mol. The van der Waals surface area contributed by atoms with Crippen molar-refractivity contribution in [1.82, 2.24) is 15.2 Å². The lowest BCUT2D eigenvalue weighted by Crippen LogP contribution is -2.42. The van der Waals surface area contributed by atoms with Crippen LogP contribution in [-0.2, 0) is 16.0 Å². The van der Waals surface area contributed by atoms with Gasteiger partial charge in [0, 0.05) is 50.6 Å². The van der Waals surface area contributed by atoms with E-state index in [1.54, 1.807) is 25.1 Å². The normalized spacial score (nSPS) is 15.1. The molecule has 1 aromatic heterocycles. The van der Waals surface area contributed by atoms with Crippen LogP contribution in [0.2, 0.25) is 0 Å². The highest BCUT2D eigenvalue weighted by Crippen LogP contribution is 2.23. The first-order chi connectivity index (χ1) is 16.0. The first-order valence-corrected chi connectivity index (χ1v) is 11.6. The number of ether oxygens (including phenoxy) is 1. The molecule has 1 atom stereocenters. The number of anilines is 1. The lowest BCUT2D eigenvalue weighted by atomic mass is 10.1. The molecule has 0 saturated carbocycles. The minimum Gasteiger partial charge on any atom is -0.479 e. The van der Waals surface area contributed by atoms with Gasteiger partial charge < -0.3 is 20.1 Å². The van der Waals surface area contributed by atoms with Crippen LogP contribution in [0, 0.1) is 0 Å². The third kappa shape index (κ3) is 7.27. The first kappa shape index (κ1) is 24.7. The minimum atomic E-state index is -0.981. The van der Waals surface area contributed by atoms with Gasteiger partial charge in [0.2, 0.25) is 0 Å². The molecule has 2 N–H and O–H groups in total. The molecule has 2 aromatic rings. The molecular formula is C25H34N4O4. The molecule has 0 spiro atoms. The molecule has 1 aliphatic heterocycles. The summed E-state index contributed by atoms with van der Waals surface area (Å²) in [4.78, 5) is 32.4. The van der Waals surface area contributed by atoms with Crippen LogP contribution >= 0.6 is 0 Å². The summed E-state index contributed by atoms with van der Waals surface area (Å²) in [7, 11) is 1.76. The summed E-state index contributed by atoms with van der Waals surface area (Å²) in [6.45, 7) is 5.85. The Morgan fingerprint density at radius 3 is 2.67 bits per heavy atom. The number of pyridine rings is 1. The molecule has 0 unspecified atom stereocenters. The van der Waals surface area contributed by atoms with Crippen molar-refractivity contribution >= 4 is 17.7 Å². The number of hydrogen-bond donors (Lipinski definition) is 2. The van der Waals surface area contributed by atoms with Crippen LogP contribution < -0.4 is 10.2 Å². The molecule has 1 aliphatic rings. The van der Waals surface area contributed by atoms with Gasteiger partial charge in [-0.05, 0) is 56.6 Å². The van der Waals surface area contributed by atoms with Gasteiger partial charge in [0.25, 0.3) is 0 Å². The van der Waals surface area contributed by atoms with Gasteiger partial charge in [-0.25, -0.2) is 9.59 Å². The van der Waals surface area contributed by atoms with Gasteiger partial charge in [-0.1, -0.05) is 24.6 Å². The largest absolute Gasteiger partial charge is 0.479 e. The molecule has 3 rings (SSSR count). The number of nitrogens with zero attached hydrogens (tertiary/aromatic N) is 3. The Labute approximate surface area is 195 Å². The maximum absolute atomic E-state index is 12.6. The number of hydrogen-bond acceptors (Lipinski definition) is 5. The number of nitrogens with one attached hydrogen (secondary N) is 1. The topological polar surface area (TPSA) is 95.0 Å². The van der Waals surface area contributed by atoms with E-state index >= 15 is 0 Å². The van der Waals surface area contributed by atoms with Crippen LogP contribution in [0.5, 0.6) is 0 Å². The number of aliphatic carboxylic acids is 1. The van der Waals surface area contributed by atoms with Crippen molar-refractivity contribution in [3.05, 3.63) is 48.2 Å². The van der Waals surface area contributed by atoms with Crippen molar-refractivity contribution in [3.63, 3.8) is 0 Å². The Morgan fingerprint density at radius 1 is 1.21 bits per heavy atom. The number of benzene rings is 1. The molecule has 33 heavy (non-hydrogen) atoms. The number of likely N-dealkylation sites (tertiary alicyclic amines) is 1. The summed E-state index contributed by atoms with van der Waals surface area (Å²) in [6.07, 6.45) is 4.83. The summed E-state index contributed by atoms with van der Waals surface area (Å²) < 4.78 is 5.28. The Balaban J connectivity index is 1.58. The van der Waals surface area contributed by atoms with E-state index in [-0.39, 0.29) is 12.5 Å². The molecule has 0 radical (unpaired) electrons. The van der Waals surface area contributed by atoms with Crippen LogP contribution in [0.3, 0.4) is 0 Å². The quantitative estimate of drug-likeness (QED) is 0.571. The Kier molecular flexibility index (Phi) is 9.21. The Hall–Kier alpha value is -2.97. The Bertz CT molecular complexity index is 913. The van der Waals surface area contributed by atoms with Gasteiger partial charge >= 0.3 is 12.0 Å². The zero-order valence-corrected chi connectivity index (χ0v) is 19.5. The minimum absolute atomic E-state index is 0.136. The van der Waals surface area contributed by atoms with Gasteiger partial charge in [0.05, 0.1) is 5.69 Å². The molecule has 2 amide bonds. The summed E-state index contributed by atoms with van der Waals surface area (Å²) in [6, 6.07) is 11.2. The number of rotatable bonds is 10. The molecule has 1 saturated heterocycles. The van der Waals surface area contributed by atoms with E-state index in [4.69, 9.17) is 4.74 Å². The average molecular weight is 455 g/mol. The highest BCUT2D eigenvalue weighted by atomic mass is 16.5. The predicted molar refractivity (Wildman–Crippen MR) is 129 cm³/mol. The number of aromatic nitrogens is 1. The fraction of sp³-hybridized carbons (Fsp3) is 0.480. The highest BCUT2D eigenvalue weighted by Gasteiger charge is 2.18. The van der Waals surface area contributed by atoms with E-state index in [0.29, 0.717) is 13.2 Å². The second kappa shape index (κ2) is 12.3. The second-order valence-corrected chi connectivity index (χ2v) is 8.28. The third-order valence-corrected chi connectivity index (χ3v) is 5.88. The van der Waals surface area contributed by atoms with Crippen molar-refractivity contribution in [3.8, 4) is 11.3 Å². The van der Waals surface area contributed by atoms with Crippen LogP contribution in [0.1, 0.15) is 31.7 Å². The fourth-order valence-corrected chi connectivity index (χ4v) is 3.96. The van der Waals surface area contributed by atoms with E-state index in [0.717, 1.165) is 42.1 Å². The zero-order chi connectivity index (χ0) is 23.6. The van der Waals surface area contributed by atoms with E-state index in [1.807, 2.05) is 36.4 Å². The number of carbonyl (C=O) groups excluding carboxylic acids is 1. The molecule has 0 bridgehead atoms. The van der Waals surface area contributed by atoms with E-state index in [9.17, 15) is 14.7 Å². The van der Waals surface area contributed by atoms with E-state index in [1.165, 1.54) is 19.3 Å². The van der Waals surface area contributed by atoms with Gasteiger partial charge in [0.15, 0.2) is 6.10 Å². The number of amides is 2. The van der Waals surface area contributed by atoms with Gasteiger partial charge in [-0.15, -0.1) is 0 Å². The molecule has 1 fully saturated rings. The van der Waals surface area contributed by atoms with Crippen LogP contribution in [0.25, 0.3) is 11.3 Å². The smallest absolute Gasteiger partial charge is 0.333 e. The lowest BCUT2D eigenvalue weighted by molar-refractivity contribution is -0.149. The van der Waals surface area contributed by atoms with Crippen molar-refractivity contribution in [2.45, 2.75) is 38.7 Å². The van der Waals surface area contributed by atoms with Gasteiger partial charge in [0.1, 0.15) is 0 Å². The fourth-order valence-electron chi connectivity index (χ4n) is 3.96. The molecule has 178 valence electrons. The molecule has 1 aromatic carbocycles. The lowest BCUT2D eigenvalue weighted by Gasteiger charge is -2.27. The molecule has 8 heteroatoms. The van der Waals surface area contributed by atoms with Crippen LogP contribution in [-0.4, -0.2) is 72.9 Å². The number of carboxylic acids is 1. The second-order valence-electron chi connectivity index (χ2n) is 8.28. The average Bonchev–Trinajstić information content (AvgIpc) is 2.84. The highest BCUT2D eigenvalue weighted by molar-refractivity contribution is 5.92. The maximum atomic E-state index is 12.6. The monoisotopic (exact) mass is 454 g/mol. The summed E-state index contributed by atoms with van der Waals surface area (Å²) in [5, 5.41) is 12.3. The Morgan fingerprint density at radius 2 is 2.00 bits per heavy atom. The number of urea groups is 1. The van der Waals surface area contributed by atoms with E-state index in [2.05, 4.69) is 15.2 Å². The van der Waals surface area contributed by atoms with E-state index < -0.39 is 12.1 Å². The summed E-state index contributed by atoms with van der Waals surface area (Å²) >= 11 is 0. The van der Waals surface area contributed by atoms with Gasteiger partial charge in [-0.2, -0.15) is 0 Å². The van der Waals surface area contributed by atoms with Crippen molar-refractivity contribution < 1.29 is 19.4 Å². The third-order valence-electron chi connectivity index (χ3n) is 5.88. The van der Waals surface area contributed by atoms with Crippen molar-refractivity contribution in [2.75, 3.05) is 44.7 Å². The maximum Gasteiger partial charge on any atom is 0.333 e. The molecule has 2 heterocycles. The first-order valence-electron chi connectivity index (χ1n) is 11.6. The standard InChI is InChI=1S/C25H34N4O4/c1-3-33-23(24(30)31)16-19-10-11-22(27-18-19)20-8-7-9-21(17-20)28(2)25(32)26-12-15-29-13-5-4-6-14-29/h7-11,17-18,23H,3-6,12-16H2,1-2H3,(H,26,32)(H,30,31)/t23-/m0/s1. The SMILES string of the molecule is CCO[C@@H](Cc1ccc(-c2cccc(N(C)C(=O)NCCN3CCCCC3)c2)nc1)C(=O)O. The number of carbonyl (C=O) groups is 2. The van der Waals surface area contributed by atoms with Crippen molar-refractivity contribution in [2.24, 2.45) is 0 Å². The van der Waals surface area contributed by atoms with Gasteiger partial charge in [-0.3, -0.25) is 9.88 Å². The predicted octanol–water partition coefficient (Wildman–Crippen LogP) is 3.41. The number of carboxylic acid groups (broad SMARTS) is 1. The van der Waals surface area contributed by atoms with Crippen molar-refractivity contribution in [1.29, 1.82) is 0 Å². The zero-order valence-electron chi connectivity index (χ0n) is 19.5. The number of piperidine rings is 1.